The van der Waals surface area contributed by atoms with E-state index in [1.807, 2.05) is 18.2 Å². The fourth-order valence-electron chi connectivity index (χ4n) is 1.74. The van der Waals surface area contributed by atoms with Crippen molar-refractivity contribution in [2.45, 2.75) is 20.3 Å². The molecule has 2 rings (SSSR count). The number of anilines is 2. The zero-order chi connectivity index (χ0) is 14.0. The Morgan fingerprint density at radius 1 is 1.53 bits per heavy atom. The Morgan fingerprint density at radius 3 is 2.84 bits per heavy atom. The van der Waals surface area contributed by atoms with Crippen LogP contribution in [0.2, 0.25) is 0 Å². The molecule has 1 aromatic heterocycles. The molecule has 1 aromatic carbocycles. The molecule has 4 nitrogen and oxygen atoms in total. The van der Waals surface area contributed by atoms with E-state index in [2.05, 4.69) is 33.2 Å². The fraction of sp³-hybridized carbons (Fsp3) is 0.231. The predicted molar refractivity (Wildman–Crippen MR) is 80.6 cm³/mol. The lowest BCUT2D eigenvalue weighted by molar-refractivity contribution is 0.0701. The van der Waals surface area contributed by atoms with Crippen LogP contribution in [-0.4, -0.2) is 16.1 Å². The molecule has 0 unspecified atom stereocenters. The number of halogens is 1. The Labute approximate surface area is 123 Å². The number of hydrogen-bond acceptors (Lipinski definition) is 4. The van der Waals surface area contributed by atoms with E-state index in [4.69, 9.17) is 5.11 Å². The third-order valence-electron chi connectivity index (χ3n) is 2.68. The summed E-state index contributed by atoms with van der Waals surface area (Å²) < 4.78 is 1.02. The number of nitrogens with zero attached hydrogens (tertiary/aromatic N) is 1. The summed E-state index contributed by atoms with van der Waals surface area (Å²) in [7, 11) is 0. The van der Waals surface area contributed by atoms with E-state index in [0.717, 1.165) is 33.5 Å². The number of carboxylic acid groups (broad SMARTS) is 1. The van der Waals surface area contributed by atoms with Crippen LogP contribution in [-0.2, 0) is 6.42 Å². The van der Waals surface area contributed by atoms with Crippen molar-refractivity contribution in [1.82, 2.24) is 4.98 Å². The van der Waals surface area contributed by atoms with Gasteiger partial charge in [0.15, 0.2) is 5.13 Å². The number of carbonyl (C=O) groups is 1. The Balaban J connectivity index is 2.31. The van der Waals surface area contributed by atoms with Crippen LogP contribution in [0.25, 0.3) is 0 Å². The van der Waals surface area contributed by atoms with Gasteiger partial charge in [0.25, 0.3) is 0 Å². The zero-order valence-corrected chi connectivity index (χ0v) is 12.9. The summed E-state index contributed by atoms with van der Waals surface area (Å²) in [4.78, 5) is 15.5. The molecule has 6 heteroatoms. The average Bonchev–Trinajstić information content (AvgIpc) is 2.72. The number of nitrogens with one attached hydrogen (secondary N) is 1. The summed E-state index contributed by atoms with van der Waals surface area (Å²) in [6, 6.07) is 5.95. The van der Waals surface area contributed by atoms with E-state index < -0.39 is 5.97 Å². The highest BCUT2D eigenvalue weighted by Gasteiger charge is 2.14. The summed E-state index contributed by atoms with van der Waals surface area (Å²) >= 11 is 4.59. The van der Waals surface area contributed by atoms with Gasteiger partial charge >= 0.3 is 5.97 Å². The SMILES string of the molecule is CCc1cc(Br)ccc1Nc1nc(C)c(C(=O)O)s1. The number of aromatic carboxylic acids is 1. The Hall–Kier alpha value is -1.40. The molecule has 0 saturated heterocycles. The molecule has 19 heavy (non-hydrogen) atoms. The van der Waals surface area contributed by atoms with Crippen molar-refractivity contribution >= 4 is 44.1 Å². The Bertz CT molecular complexity index is 625. The van der Waals surface area contributed by atoms with Gasteiger partial charge in [-0.2, -0.15) is 0 Å². The van der Waals surface area contributed by atoms with Crippen LogP contribution in [0, 0.1) is 6.92 Å². The van der Waals surface area contributed by atoms with Gasteiger partial charge in [0, 0.05) is 10.2 Å². The minimum Gasteiger partial charge on any atom is -0.477 e. The smallest absolute Gasteiger partial charge is 0.347 e. The van der Waals surface area contributed by atoms with Gasteiger partial charge in [0.2, 0.25) is 0 Å². The highest BCUT2D eigenvalue weighted by atomic mass is 79.9. The van der Waals surface area contributed by atoms with Crippen molar-refractivity contribution in [3.05, 3.63) is 38.8 Å². The molecule has 2 aromatic rings. The van der Waals surface area contributed by atoms with E-state index in [-0.39, 0.29) is 4.88 Å². The first kappa shape index (κ1) is 14.0. The third-order valence-corrected chi connectivity index (χ3v) is 4.23. The van der Waals surface area contributed by atoms with Gasteiger partial charge in [0.1, 0.15) is 4.88 Å². The second-order valence-corrected chi connectivity index (χ2v) is 5.93. The summed E-state index contributed by atoms with van der Waals surface area (Å²) in [6.45, 7) is 3.77. The van der Waals surface area contributed by atoms with Crippen LogP contribution in [0.4, 0.5) is 10.8 Å². The summed E-state index contributed by atoms with van der Waals surface area (Å²) in [6.07, 6.45) is 0.887. The second kappa shape index (κ2) is 5.71. The minimum atomic E-state index is -0.936. The van der Waals surface area contributed by atoms with Crippen LogP contribution >= 0.6 is 27.3 Å². The maximum atomic E-state index is 11.0. The number of rotatable bonds is 4. The lowest BCUT2D eigenvalue weighted by atomic mass is 10.1. The molecule has 100 valence electrons. The molecule has 0 aliphatic heterocycles. The van der Waals surface area contributed by atoms with Crippen LogP contribution in [0.1, 0.15) is 27.9 Å². The lowest BCUT2D eigenvalue weighted by Gasteiger charge is -2.08. The van der Waals surface area contributed by atoms with E-state index >= 15 is 0 Å². The monoisotopic (exact) mass is 340 g/mol. The molecular weight excluding hydrogens is 328 g/mol. The van der Waals surface area contributed by atoms with E-state index in [9.17, 15) is 4.79 Å². The first-order valence-electron chi connectivity index (χ1n) is 5.77. The standard InChI is InChI=1S/C13H13BrN2O2S/c1-3-8-6-9(14)4-5-10(8)16-13-15-7(2)11(19-13)12(17)18/h4-6H,3H2,1-2H3,(H,15,16)(H,17,18). The highest BCUT2D eigenvalue weighted by molar-refractivity contribution is 9.10. The van der Waals surface area contributed by atoms with Crippen molar-refractivity contribution < 1.29 is 9.90 Å². The quantitative estimate of drug-likeness (QED) is 0.874. The first-order valence-corrected chi connectivity index (χ1v) is 7.38. The third kappa shape index (κ3) is 3.13. The Kier molecular flexibility index (Phi) is 4.21. The van der Waals surface area contributed by atoms with Crippen molar-refractivity contribution in [1.29, 1.82) is 0 Å². The molecule has 2 N–H and O–H groups in total. The number of benzene rings is 1. The van der Waals surface area contributed by atoms with Gasteiger partial charge in [-0.25, -0.2) is 9.78 Å². The average molecular weight is 341 g/mol. The highest BCUT2D eigenvalue weighted by Crippen LogP contribution is 2.29. The molecule has 0 aliphatic rings. The molecular formula is C13H13BrN2O2S. The van der Waals surface area contributed by atoms with Crippen molar-refractivity contribution in [2.24, 2.45) is 0 Å². The number of hydrogen-bond donors (Lipinski definition) is 2. The second-order valence-electron chi connectivity index (χ2n) is 4.02. The van der Waals surface area contributed by atoms with Gasteiger partial charge in [0.05, 0.1) is 5.69 Å². The normalized spacial score (nSPS) is 10.5. The molecule has 0 spiro atoms. The van der Waals surface area contributed by atoms with Gasteiger partial charge in [-0.05, 0) is 37.1 Å². The molecule has 0 saturated carbocycles. The first-order chi connectivity index (χ1) is 9.01. The van der Waals surface area contributed by atoms with Crippen molar-refractivity contribution in [3.63, 3.8) is 0 Å². The Morgan fingerprint density at radius 2 is 2.26 bits per heavy atom. The molecule has 0 aliphatic carbocycles. The predicted octanol–water partition coefficient (Wildman–Crippen LogP) is 4.22. The number of aryl methyl sites for hydroxylation is 2. The van der Waals surface area contributed by atoms with Gasteiger partial charge in [-0.1, -0.05) is 34.2 Å². The molecule has 0 fully saturated rings. The molecule has 0 atom stereocenters. The van der Waals surface area contributed by atoms with Crippen molar-refractivity contribution in [3.8, 4) is 0 Å². The summed E-state index contributed by atoms with van der Waals surface area (Å²) in [5, 5.41) is 12.8. The molecule has 0 radical (unpaired) electrons. The summed E-state index contributed by atoms with van der Waals surface area (Å²) in [5.41, 5.74) is 2.64. The van der Waals surface area contributed by atoms with Crippen LogP contribution in [0.15, 0.2) is 22.7 Å². The van der Waals surface area contributed by atoms with Crippen LogP contribution < -0.4 is 5.32 Å². The van der Waals surface area contributed by atoms with Crippen LogP contribution in [0.5, 0.6) is 0 Å². The van der Waals surface area contributed by atoms with Gasteiger partial charge in [-0.15, -0.1) is 0 Å². The lowest BCUT2D eigenvalue weighted by Crippen LogP contribution is -1.95. The van der Waals surface area contributed by atoms with Gasteiger partial charge in [-0.3, -0.25) is 0 Å². The topological polar surface area (TPSA) is 62.2 Å². The number of aromatic nitrogens is 1. The van der Waals surface area contributed by atoms with E-state index in [1.165, 1.54) is 0 Å². The van der Waals surface area contributed by atoms with E-state index in [1.54, 1.807) is 6.92 Å². The summed E-state index contributed by atoms with van der Waals surface area (Å²) in [5.74, 6) is -0.936. The van der Waals surface area contributed by atoms with E-state index in [0.29, 0.717) is 10.8 Å². The fourth-order valence-corrected chi connectivity index (χ4v) is 2.97. The largest absolute Gasteiger partial charge is 0.477 e. The zero-order valence-electron chi connectivity index (χ0n) is 10.5. The number of thiazole rings is 1. The maximum Gasteiger partial charge on any atom is 0.347 e. The maximum absolute atomic E-state index is 11.0. The molecule has 0 bridgehead atoms. The minimum absolute atomic E-state index is 0.276. The van der Waals surface area contributed by atoms with Crippen LogP contribution in [0.3, 0.4) is 0 Å². The molecule has 1 heterocycles. The van der Waals surface area contributed by atoms with Gasteiger partial charge < -0.3 is 10.4 Å². The number of carboxylic acids is 1. The van der Waals surface area contributed by atoms with Crippen molar-refractivity contribution in [2.75, 3.05) is 5.32 Å². The molecule has 0 amide bonds.